The number of ether oxygens (including phenoxy) is 2. The Kier molecular flexibility index (Phi) is 6.46. The number of methoxy groups -OCH3 is 2. The van der Waals surface area contributed by atoms with E-state index >= 15 is 0 Å². The van der Waals surface area contributed by atoms with E-state index in [1.165, 1.54) is 32.4 Å². The number of hydrogen-bond donors (Lipinski definition) is 0. The number of anilines is 1. The lowest BCUT2D eigenvalue weighted by Crippen LogP contribution is -2.33. The highest BCUT2D eigenvalue weighted by molar-refractivity contribution is 14.1. The van der Waals surface area contributed by atoms with Gasteiger partial charge in [0.1, 0.15) is 0 Å². The van der Waals surface area contributed by atoms with Crippen LogP contribution in [0.4, 0.5) is 14.5 Å². The fourth-order valence-electron chi connectivity index (χ4n) is 2.01. The van der Waals surface area contributed by atoms with Gasteiger partial charge in [-0.05, 0) is 34.7 Å². The van der Waals surface area contributed by atoms with Crippen LogP contribution in [0.3, 0.4) is 0 Å². The predicted molar refractivity (Wildman–Crippen MR) is 98.8 cm³/mol. The van der Waals surface area contributed by atoms with Crippen molar-refractivity contribution >= 4 is 44.1 Å². The Balaban J connectivity index is 2.64. The van der Waals surface area contributed by atoms with Crippen molar-refractivity contribution in [3.63, 3.8) is 0 Å². The monoisotopic (exact) mass is 514 g/mol. The van der Waals surface area contributed by atoms with E-state index in [9.17, 15) is 22.0 Å². The van der Waals surface area contributed by atoms with E-state index in [1.54, 1.807) is 22.6 Å². The number of ketones is 1. The SMILES string of the molecule is COc1nc(OC)nc(C(=O)c2cccc(I)c2N(C)S(=O)(=O)C(F)F)n1. The zero-order chi connectivity index (χ0) is 20.4. The van der Waals surface area contributed by atoms with Gasteiger partial charge in [0.05, 0.1) is 25.5 Å². The highest BCUT2D eigenvalue weighted by atomic mass is 127. The molecule has 2 aromatic rings. The summed E-state index contributed by atoms with van der Waals surface area (Å²) in [5.74, 6) is -4.87. The zero-order valence-electron chi connectivity index (χ0n) is 14.2. The summed E-state index contributed by atoms with van der Waals surface area (Å²) in [7, 11) is -1.51. The second-order valence-electron chi connectivity index (χ2n) is 4.87. The maximum absolute atomic E-state index is 13.0. The molecular formula is C14H13F2IN4O5S. The van der Waals surface area contributed by atoms with Crippen LogP contribution >= 0.6 is 22.6 Å². The van der Waals surface area contributed by atoms with Crippen LogP contribution in [-0.4, -0.2) is 56.2 Å². The second kappa shape index (κ2) is 8.24. The first-order valence-corrected chi connectivity index (χ1v) is 9.64. The molecule has 0 radical (unpaired) electrons. The van der Waals surface area contributed by atoms with Crippen LogP contribution in [0, 0.1) is 3.57 Å². The number of benzene rings is 1. The molecule has 1 aromatic carbocycles. The maximum Gasteiger partial charge on any atom is 0.355 e. The van der Waals surface area contributed by atoms with Crippen LogP contribution in [0.5, 0.6) is 12.0 Å². The summed E-state index contributed by atoms with van der Waals surface area (Å²) in [5, 5.41) is 0. The third kappa shape index (κ3) is 4.23. The molecule has 13 heteroatoms. The lowest BCUT2D eigenvalue weighted by atomic mass is 10.1. The van der Waals surface area contributed by atoms with Gasteiger partial charge in [0.25, 0.3) is 10.0 Å². The Morgan fingerprint density at radius 3 is 2.19 bits per heavy atom. The summed E-state index contributed by atoms with van der Waals surface area (Å²) in [6, 6.07) is 3.81. The van der Waals surface area contributed by atoms with E-state index in [-0.39, 0.29) is 26.8 Å². The van der Waals surface area contributed by atoms with Crippen LogP contribution in [0.1, 0.15) is 16.2 Å². The summed E-state index contributed by atoms with van der Waals surface area (Å²) in [4.78, 5) is 24.3. The highest BCUT2D eigenvalue weighted by Gasteiger charge is 2.33. The number of hydrogen-bond acceptors (Lipinski definition) is 8. The van der Waals surface area contributed by atoms with Crippen molar-refractivity contribution in [2.45, 2.75) is 5.76 Å². The van der Waals surface area contributed by atoms with E-state index < -0.39 is 27.4 Å². The summed E-state index contributed by atoms with van der Waals surface area (Å²) >= 11 is 1.74. The number of aromatic nitrogens is 3. The number of halogens is 3. The molecule has 0 spiro atoms. The van der Waals surface area contributed by atoms with Gasteiger partial charge in [0.2, 0.25) is 11.6 Å². The molecule has 1 aromatic heterocycles. The number of alkyl halides is 2. The van der Waals surface area contributed by atoms with Crippen molar-refractivity contribution in [3.05, 3.63) is 33.2 Å². The van der Waals surface area contributed by atoms with Gasteiger partial charge in [-0.25, -0.2) is 8.42 Å². The van der Waals surface area contributed by atoms with Gasteiger partial charge in [-0.2, -0.15) is 18.7 Å². The van der Waals surface area contributed by atoms with Gasteiger partial charge < -0.3 is 9.47 Å². The second-order valence-corrected chi connectivity index (χ2v) is 7.97. The number of sulfonamides is 1. The summed E-state index contributed by atoms with van der Waals surface area (Å²) in [5.41, 5.74) is -0.411. The van der Waals surface area contributed by atoms with Crippen molar-refractivity contribution in [1.82, 2.24) is 15.0 Å². The molecule has 0 amide bonds. The minimum atomic E-state index is -4.98. The lowest BCUT2D eigenvalue weighted by molar-refractivity contribution is 0.102. The molecule has 0 N–H and O–H groups in total. The quantitative estimate of drug-likeness (QED) is 0.406. The average Bonchev–Trinajstić information content (AvgIpc) is 2.65. The predicted octanol–water partition coefficient (Wildman–Crippen LogP) is 1.71. The van der Waals surface area contributed by atoms with Crippen molar-refractivity contribution in [2.24, 2.45) is 0 Å². The Morgan fingerprint density at radius 1 is 1.15 bits per heavy atom. The Morgan fingerprint density at radius 2 is 1.70 bits per heavy atom. The molecule has 0 atom stereocenters. The smallest absolute Gasteiger partial charge is 0.355 e. The molecule has 0 saturated heterocycles. The zero-order valence-corrected chi connectivity index (χ0v) is 17.2. The molecule has 0 saturated carbocycles. The Hall–Kier alpha value is -2.16. The van der Waals surface area contributed by atoms with E-state index in [0.29, 0.717) is 4.31 Å². The van der Waals surface area contributed by atoms with Gasteiger partial charge in [-0.1, -0.05) is 6.07 Å². The third-order valence-corrected chi connectivity index (χ3v) is 5.58. The van der Waals surface area contributed by atoms with Gasteiger partial charge in [-0.3, -0.25) is 9.10 Å². The topological polar surface area (TPSA) is 112 Å². The highest BCUT2D eigenvalue weighted by Crippen LogP contribution is 2.31. The molecule has 27 heavy (non-hydrogen) atoms. The van der Waals surface area contributed by atoms with E-state index in [0.717, 1.165) is 7.05 Å². The van der Waals surface area contributed by atoms with Gasteiger partial charge in [0, 0.05) is 10.6 Å². The van der Waals surface area contributed by atoms with E-state index in [2.05, 4.69) is 15.0 Å². The molecule has 0 fully saturated rings. The first-order chi connectivity index (χ1) is 12.6. The van der Waals surface area contributed by atoms with Crippen LogP contribution < -0.4 is 13.8 Å². The van der Waals surface area contributed by atoms with Crippen molar-refractivity contribution in [2.75, 3.05) is 25.6 Å². The summed E-state index contributed by atoms with van der Waals surface area (Å²) < 4.78 is 60.0. The third-order valence-electron chi connectivity index (χ3n) is 3.32. The van der Waals surface area contributed by atoms with Crippen LogP contribution in [0.2, 0.25) is 0 Å². The van der Waals surface area contributed by atoms with E-state index in [1.807, 2.05) is 0 Å². The normalized spacial score (nSPS) is 11.4. The maximum atomic E-state index is 13.0. The molecule has 2 rings (SSSR count). The molecule has 9 nitrogen and oxygen atoms in total. The fraction of sp³-hybridized carbons (Fsp3) is 0.286. The Bertz CT molecular complexity index is 952. The fourth-order valence-corrected chi connectivity index (χ4v) is 3.72. The number of rotatable bonds is 7. The summed E-state index contributed by atoms with van der Waals surface area (Å²) in [6.45, 7) is 0. The average molecular weight is 514 g/mol. The standard InChI is InChI=1S/C14H13F2IN4O5S/c1-21(27(23,24)12(15)16)9-7(5-4-6-8(9)17)10(22)11-18-13(25-2)20-14(19-11)26-3/h4-6,12H,1-3H3. The van der Waals surface area contributed by atoms with Crippen LogP contribution in [0.25, 0.3) is 0 Å². The lowest BCUT2D eigenvalue weighted by Gasteiger charge is -2.22. The number of carbonyl (C=O) groups excluding carboxylic acids is 1. The molecule has 0 unspecified atom stereocenters. The molecule has 146 valence electrons. The largest absolute Gasteiger partial charge is 0.467 e. The van der Waals surface area contributed by atoms with Crippen molar-refractivity contribution < 1.29 is 31.5 Å². The van der Waals surface area contributed by atoms with Gasteiger partial charge in [0.15, 0.2) is 0 Å². The summed E-state index contributed by atoms with van der Waals surface area (Å²) in [6.07, 6.45) is 0. The van der Waals surface area contributed by atoms with Crippen molar-refractivity contribution in [3.8, 4) is 12.0 Å². The molecule has 1 heterocycles. The molecule has 0 bridgehead atoms. The number of carbonyl (C=O) groups is 1. The molecule has 0 aliphatic heterocycles. The minimum Gasteiger partial charge on any atom is -0.467 e. The van der Waals surface area contributed by atoms with Crippen LogP contribution in [-0.2, 0) is 10.0 Å². The number of para-hydroxylation sites is 1. The number of nitrogens with zero attached hydrogens (tertiary/aromatic N) is 4. The first-order valence-electron chi connectivity index (χ1n) is 7.06. The van der Waals surface area contributed by atoms with Gasteiger partial charge >= 0.3 is 17.8 Å². The van der Waals surface area contributed by atoms with Gasteiger partial charge in [-0.15, -0.1) is 4.98 Å². The van der Waals surface area contributed by atoms with Crippen molar-refractivity contribution in [1.29, 1.82) is 0 Å². The first kappa shape index (κ1) is 21.1. The minimum absolute atomic E-state index is 0.191. The van der Waals surface area contributed by atoms with Crippen LogP contribution in [0.15, 0.2) is 18.2 Å². The molecule has 0 aliphatic carbocycles. The molecule has 0 aliphatic rings. The Labute approximate surface area is 166 Å². The van der Waals surface area contributed by atoms with E-state index in [4.69, 9.17) is 9.47 Å². The molecular weight excluding hydrogens is 501 g/mol.